The number of amides is 1. The van der Waals surface area contributed by atoms with Gasteiger partial charge in [0.2, 0.25) is 0 Å². The molecule has 0 atom stereocenters. The second-order valence-corrected chi connectivity index (χ2v) is 5.29. The highest BCUT2D eigenvalue weighted by atomic mass is 16.6. The fourth-order valence-electron chi connectivity index (χ4n) is 2.40. The summed E-state index contributed by atoms with van der Waals surface area (Å²) in [6.07, 6.45) is 0.513. The van der Waals surface area contributed by atoms with Crippen molar-refractivity contribution in [3.8, 4) is 0 Å². The molecule has 0 aliphatic carbocycles. The normalized spacial score (nSPS) is 10.5. The number of hydrogen-bond donors (Lipinski definition) is 0. The van der Waals surface area contributed by atoms with Crippen LogP contribution in [-0.4, -0.2) is 31.2 Å². The van der Waals surface area contributed by atoms with Gasteiger partial charge in [0.1, 0.15) is 0 Å². The molecule has 22 heavy (non-hydrogen) atoms. The van der Waals surface area contributed by atoms with Crippen LogP contribution >= 0.6 is 0 Å². The van der Waals surface area contributed by atoms with Crippen LogP contribution in [0.1, 0.15) is 30.4 Å². The number of benzene rings is 2. The lowest BCUT2D eigenvalue weighted by atomic mass is 9.89. The van der Waals surface area contributed by atoms with Crippen molar-refractivity contribution in [2.45, 2.75) is 19.3 Å². The van der Waals surface area contributed by atoms with Crippen molar-refractivity contribution in [3.63, 3.8) is 0 Å². The maximum absolute atomic E-state index is 11.7. The van der Waals surface area contributed by atoms with E-state index in [1.165, 1.54) is 11.1 Å². The first-order valence-electron chi connectivity index (χ1n) is 7.70. The van der Waals surface area contributed by atoms with Gasteiger partial charge in [0.25, 0.3) is 0 Å². The van der Waals surface area contributed by atoms with Gasteiger partial charge in [0.15, 0.2) is 0 Å². The van der Waals surface area contributed by atoms with Gasteiger partial charge in [-0.3, -0.25) is 0 Å². The SMILES string of the molecule is CCN(C)C(=O)OCCC(c1ccccc1)c1ccccc1. The monoisotopic (exact) mass is 297 g/mol. The van der Waals surface area contributed by atoms with Crippen LogP contribution in [0.5, 0.6) is 0 Å². The lowest BCUT2D eigenvalue weighted by molar-refractivity contribution is 0.110. The topological polar surface area (TPSA) is 29.5 Å². The minimum Gasteiger partial charge on any atom is -0.449 e. The van der Waals surface area contributed by atoms with Crippen molar-refractivity contribution in [2.24, 2.45) is 0 Å². The summed E-state index contributed by atoms with van der Waals surface area (Å²) in [5.41, 5.74) is 2.49. The van der Waals surface area contributed by atoms with Gasteiger partial charge in [-0.25, -0.2) is 4.79 Å². The largest absolute Gasteiger partial charge is 0.449 e. The second-order valence-electron chi connectivity index (χ2n) is 5.29. The van der Waals surface area contributed by atoms with Crippen molar-refractivity contribution in [1.82, 2.24) is 4.90 Å². The van der Waals surface area contributed by atoms with E-state index >= 15 is 0 Å². The van der Waals surface area contributed by atoms with Crippen LogP contribution < -0.4 is 0 Å². The van der Waals surface area contributed by atoms with E-state index in [4.69, 9.17) is 4.74 Å². The maximum atomic E-state index is 11.7. The van der Waals surface area contributed by atoms with Gasteiger partial charge in [-0.1, -0.05) is 60.7 Å². The first kappa shape index (κ1) is 16.1. The predicted octanol–water partition coefficient (Wildman–Crippen LogP) is 4.30. The zero-order chi connectivity index (χ0) is 15.8. The molecule has 0 fully saturated rings. The van der Waals surface area contributed by atoms with E-state index in [1.807, 2.05) is 43.3 Å². The third-order valence-electron chi connectivity index (χ3n) is 3.82. The Kier molecular flexibility index (Phi) is 6.01. The molecule has 0 saturated carbocycles. The summed E-state index contributed by atoms with van der Waals surface area (Å²) in [5.74, 6) is 0.238. The summed E-state index contributed by atoms with van der Waals surface area (Å²) in [6.45, 7) is 3.00. The van der Waals surface area contributed by atoms with E-state index < -0.39 is 0 Å². The van der Waals surface area contributed by atoms with Gasteiger partial charge in [0, 0.05) is 19.5 Å². The highest BCUT2D eigenvalue weighted by Crippen LogP contribution is 2.27. The average molecular weight is 297 g/mol. The third-order valence-corrected chi connectivity index (χ3v) is 3.82. The molecule has 0 aliphatic rings. The molecule has 2 rings (SSSR count). The highest BCUT2D eigenvalue weighted by Gasteiger charge is 2.15. The number of hydrogen-bond acceptors (Lipinski definition) is 2. The summed E-state index contributed by atoms with van der Waals surface area (Å²) in [7, 11) is 1.74. The fourth-order valence-corrected chi connectivity index (χ4v) is 2.40. The number of rotatable bonds is 6. The minimum absolute atomic E-state index is 0.238. The number of ether oxygens (including phenoxy) is 1. The molecule has 0 N–H and O–H groups in total. The van der Waals surface area contributed by atoms with E-state index in [-0.39, 0.29) is 12.0 Å². The van der Waals surface area contributed by atoms with Crippen molar-refractivity contribution in [1.29, 1.82) is 0 Å². The van der Waals surface area contributed by atoms with Crippen LogP contribution in [0.15, 0.2) is 60.7 Å². The molecule has 3 heteroatoms. The Morgan fingerprint density at radius 1 is 1.00 bits per heavy atom. The first-order chi connectivity index (χ1) is 10.7. The Morgan fingerprint density at radius 3 is 1.95 bits per heavy atom. The Balaban J connectivity index is 2.05. The van der Waals surface area contributed by atoms with Crippen LogP contribution in [0.2, 0.25) is 0 Å². The quantitative estimate of drug-likeness (QED) is 0.795. The van der Waals surface area contributed by atoms with Gasteiger partial charge < -0.3 is 9.64 Å². The Bertz CT molecular complexity index is 529. The molecule has 0 aliphatic heterocycles. The van der Waals surface area contributed by atoms with Crippen molar-refractivity contribution in [3.05, 3.63) is 71.8 Å². The first-order valence-corrected chi connectivity index (χ1v) is 7.70. The molecule has 0 spiro atoms. The summed E-state index contributed by atoms with van der Waals surface area (Å²) in [5, 5.41) is 0. The van der Waals surface area contributed by atoms with Crippen molar-refractivity contribution in [2.75, 3.05) is 20.2 Å². The molecular formula is C19H23NO2. The average Bonchev–Trinajstić information content (AvgIpc) is 2.59. The van der Waals surface area contributed by atoms with E-state index in [9.17, 15) is 4.79 Å². The minimum atomic E-state index is -0.262. The van der Waals surface area contributed by atoms with Crippen LogP contribution in [0.4, 0.5) is 4.79 Å². The third kappa shape index (κ3) is 4.35. The fraction of sp³-hybridized carbons (Fsp3) is 0.316. The van der Waals surface area contributed by atoms with Gasteiger partial charge in [0.05, 0.1) is 6.61 Å². The van der Waals surface area contributed by atoms with Crippen LogP contribution in [0.3, 0.4) is 0 Å². The van der Waals surface area contributed by atoms with E-state index in [2.05, 4.69) is 24.3 Å². The number of carbonyl (C=O) groups is 1. The smallest absolute Gasteiger partial charge is 0.409 e. The summed E-state index contributed by atoms with van der Waals surface area (Å²) in [6, 6.07) is 20.7. The van der Waals surface area contributed by atoms with Crippen LogP contribution in [0, 0.1) is 0 Å². The summed E-state index contributed by atoms with van der Waals surface area (Å²) < 4.78 is 5.36. The molecule has 2 aromatic carbocycles. The molecule has 0 saturated heterocycles. The number of carbonyl (C=O) groups excluding carboxylic acids is 1. The van der Waals surface area contributed by atoms with Gasteiger partial charge in [-0.2, -0.15) is 0 Å². The molecule has 3 nitrogen and oxygen atoms in total. The molecule has 0 bridgehead atoms. The van der Waals surface area contributed by atoms with Crippen molar-refractivity contribution < 1.29 is 9.53 Å². The molecule has 2 aromatic rings. The summed E-state index contributed by atoms with van der Waals surface area (Å²) in [4.78, 5) is 13.3. The molecule has 0 unspecified atom stereocenters. The molecule has 1 amide bonds. The van der Waals surface area contributed by atoms with Gasteiger partial charge in [-0.15, -0.1) is 0 Å². The van der Waals surface area contributed by atoms with Crippen molar-refractivity contribution >= 4 is 6.09 Å². The zero-order valence-electron chi connectivity index (χ0n) is 13.2. The maximum Gasteiger partial charge on any atom is 0.409 e. The Labute approximate surface area is 132 Å². The Morgan fingerprint density at radius 2 is 1.50 bits per heavy atom. The zero-order valence-corrected chi connectivity index (χ0v) is 13.2. The second kappa shape index (κ2) is 8.23. The van der Waals surface area contributed by atoms with Gasteiger partial charge >= 0.3 is 6.09 Å². The van der Waals surface area contributed by atoms with Crippen LogP contribution in [-0.2, 0) is 4.74 Å². The van der Waals surface area contributed by atoms with E-state index in [1.54, 1.807) is 11.9 Å². The number of nitrogens with zero attached hydrogens (tertiary/aromatic N) is 1. The molecular weight excluding hydrogens is 274 g/mol. The molecule has 116 valence electrons. The van der Waals surface area contributed by atoms with Crippen LogP contribution in [0.25, 0.3) is 0 Å². The summed E-state index contributed by atoms with van der Waals surface area (Å²) >= 11 is 0. The molecule has 0 aromatic heterocycles. The highest BCUT2D eigenvalue weighted by molar-refractivity contribution is 5.67. The standard InChI is InChI=1S/C19H23NO2/c1-3-20(2)19(21)22-15-14-18(16-10-6-4-7-11-16)17-12-8-5-9-13-17/h4-13,18H,3,14-15H2,1-2H3. The van der Waals surface area contributed by atoms with Gasteiger partial charge in [-0.05, 0) is 24.5 Å². The lowest BCUT2D eigenvalue weighted by Gasteiger charge is -2.19. The Hall–Kier alpha value is -2.29. The van der Waals surface area contributed by atoms with E-state index in [0.717, 1.165) is 6.42 Å². The predicted molar refractivity (Wildman–Crippen MR) is 89.0 cm³/mol. The van der Waals surface area contributed by atoms with E-state index in [0.29, 0.717) is 13.2 Å². The molecule has 0 radical (unpaired) electrons. The lowest BCUT2D eigenvalue weighted by Crippen LogP contribution is -2.27. The molecule has 0 heterocycles.